The van der Waals surface area contributed by atoms with Gasteiger partial charge in [0.1, 0.15) is 0 Å². The van der Waals surface area contributed by atoms with E-state index in [1.165, 1.54) is 34.6 Å². The summed E-state index contributed by atoms with van der Waals surface area (Å²) in [5.74, 6) is 0. The highest BCUT2D eigenvalue weighted by Gasteiger charge is 2.36. The molecule has 1 fully saturated rings. The van der Waals surface area contributed by atoms with Gasteiger partial charge < -0.3 is 0 Å². The van der Waals surface area contributed by atoms with Crippen LogP contribution in [0.25, 0.3) is 0 Å². The Kier molecular flexibility index (Phi) is 5.53. The average molecular weight is 425 g/mol. The lowest BCUT2D eigenvalue weighted by Gasteiger charge is -2.33. The summed E-state index contributed by atoms with van der Waals surface area (Å²) in [4.78, 5) is 10.2. The van der Waals surface area contributed by atoms with Crippen LogP contribution in [0, 0.1) is 17.0 Å². The molecule has 0 aromatic heterocycles. The van der Waals surface area contributed by atoms with Crippen LogP contribution in [-0.2, 0) is 20.0 Å². The van der Waals surface area contributed by atoms with E-state index in [0.717, 1.165) is 15.9 Å². The first-order valence-electron chi connectivity index (χ1n) is 8.44. The van der Waals surface area contributed by atoms with E-state index in [9.17, 15) is 26.9 Å². The van der Waals surface area contributed by atoms with Gasteiger partial charge >= 0.3 is 0 Å². The molecule has 0 radical (unpaired) electrons. The fraction of sp³-hybridized carbons (Fsp3) is 0.294. The predicted octanol–water partition coefficient (Wildman–Crippen LogP) is 1.60. The molecular formula is C17H19N3O6S2. The van der Waals surface area contributed by atoms with E-state index in [1.807, 2.05) is 6.92 Å². The van der Waals surface area contributed by atoms with Crippen molar-refractivity contribution in [3.05, 3.63) is 64.2 Å². The van der Waals surface area contributed by atoms with Gasteiger partial charge in [0.05, 0.1) is 9.82 Å². The third-order valence-corrected chi connectivity index (χ3v) is 8.40. The van der Waals surface area contributed by atoms with Crippen LogP contribution in [0.5, 0.6) is 0 Å². The third-order valence-electron chi connectivity index (χ3n) is 4.54. The van der Waals surface area contributed by atoms with E-state index < -0.39 is 35.6 Å². The van der Waals surface area contributed by atoms with E-state index >= 15 is 0 Å². The number of benzene rings is 2. The first-order chi connectivity index (χ1) is 13.1. The summed E-state index contributed by atoms with van der Waals surface area (Å²) in [6, 6.07) is 11.5. The number of nitro groups is 1. The fourth-order valence-electron chi connectivity index (χ4n) is 2.97. The number of para-hydroxylation sites is 1. The number of nitrogens with zero attached hydrogens (tertiary/aromatic N) is 3. The molecule has 1 saturated heterocycles. The molecule has 0 aliphatic carbocycles. The lowest BCUT2D eigenvalue weighted by Crippen LogP contribution is -2.50. The van der Waals surface area contributed by atoms with Crippen LogP contribution in [0.15, 0.2) is 58.3 Å². The summed E-state index contributed by atoms with van der Waals surface area (Å²) < 4.78 is 53.4. The van der Waals surface area contributed by atoms with Gasteiger partial charge in [-0.3, -0.25) is 10.1 Å². The summed E-state index contributed by atoms with van der Waals surface area (Å²) in [5, 5.41) is 11.2. The highest BCUT2D eigenvalue weighted by molar-refractivity contribution is 7.89. The number of aryl methyl sites for hydroxylation is 1. The molecule has 0 spiro atoms. The zero-order chi connectivity index (χ0) is 20.5. The highest BCUT2D eigenvalue weighted by atomic mass is 32.2. The molecule has 0 unspecified atom stereocenters. The van der Waals surface area contributed by atoms with Crippen LogP contribution >= 0.6 is 0 Å². The van der Waals surface area contributed by atoms with Gasteiger partial charge in [-0.15, -0.1) is 0 Å². The molecule has 2 aromatic carbocycles. The monoisotopic (exact) mass is 425 g/mol. The minimum absolute atomic E-state index is 0.0317. The Labute approximate surface area is 163 Å². The molecule has 0 N–H and O–H groups in total. The maximum atomic E-state index is 12.8. The van der Waals surface area contributed by atoms with Crippen molar-refractivity contribution >= 4 is 25.7 Å². The van der Waals surface area contributed by atoms with Crippen LogP contribution < -0.4 is 0 Å². The second-order valence-corrected chi connectivity index (χ2v) is 10.2. The average Bonchev–Trinajstić information content (AvgIpc) is 2.68. The van der Waals surface area contributed by atoms with E-state index in [1.54, 1.807) is 12.1 Å². The SMILES string of the molecule is Cc1ccc(S(=O)(=O)N2CCN(S(=O)(=O)c3ccccc3[N+](=O)[O-])CC2)cc1. The number of rotatable bonds is 5. The number of hydrogen-bond donors (Lipinski definition) is 0. The van der Waals surface area contributed by atoms with Gasteiger partial charge in [0.25, 0.3) is 5.69 Å². The maximum Gasteiger partial charge on any atom is 0.289 e. The minimum atomic E-state index is -4.11. The molecule has 3 rings (SSSR count). The van der Waals surface area contributed by atoms with Crippen LogP contribution in [0.3, 0.4) is 0 Å². The summed E-state index contributed by atoms with van der Waals surface area (Å²) in [6.07, 6.45) is 0. The van der Waals surface area contributed by atoms with Gasteiger partial charge in [-0.05, 0) is 25.1 Å². The van der Waals surface area contributed by atoms with Gasteiger partial charge in [0, 0.05) is 32.2 Å². The molecule has 0 saturated carbocycles. The Morgan fingerprint density at radius 3 is 1.86 bits per heavy atom. The summed E-state index contributed by atoms with van der Waals surface area (Å²) in [5.41, 5.74) is 0.427. The van der Waals surface area contributed by atoms with Gasteiger partial charge in [0.15, 0.2) is 4.90 Å². The molecule has 28 heavy (non-hydrogen) atoms. The Morgan fingerprint density at radius 1 is 0.821 bits per heavy atom. The van der Waals surface area contributed by atoms with Crippen molar-refractivity contribution in [2.24, 2.45) is 0 Å². The molecule has 1 aliphatic rings. The Morgan fingerprint density at radius 2 is 1.32 bits per heavy atom. The molecule has 1 heterocycles. The lowest BCUT2D eigenvalue weighted by atomic mass is 10.2. The number of sulfonamides is 2. The molecule has 2 aromatic rings. The Hall–Kier alpha value is -2.34. The minimum Gasteiger partial charge on any atom is -0.258 e. The largest absolute Gasteiger partial charge is 0.289 e. The van der Waals surface area contributed by atoms with Crippen LogP contribution in [-0.4, -0.2) is 56.5 Å². The molecule has 150 valence electrons. The second kappa shape index (κ2) is 7.59. The van der Waals surface area contributed by atoms with Crippen molar-refractivity contribution in [2.45, 2.75) is 16.7 Å². The smallest absolute Gasteiger partial charge is 0.258 e. The molecular weight excluding hydrogens is 406 g/mol. The topological polar surface area (TPSA) is 118 Å². The van der Waals surface area contributed by atoms with Crippen molar-refractivity contribution in [1.29, 1.82) is 0 Å². The first-order valence-corrected chi connectivity index (χ1v) is 11.3. The zero-order valence-electron chi connectivity index (χ0n) is 15.1. The van der Waals surface area contributed by atoms with Crippen LogP contribution in [0.2, 0.25) is 0 Å². The second-order valence-electron chi connectivity index (χ2n) is 6.35. The molecule has 0 atom stereocenters. The predicted molar refractivity (Wildman–Crippen MR) is 102 cm³/mol. The zero-order valence-corrected chi connectivity index (χ0v) is 16.7. The Balaban J connectivity index is 1.80. The molecule has 0 amide bonds. The number of hydrogen-bond acceptors (Lipinski definition) is 6. The fourth-order valence-corrected chi connectivity index (χ4v) is 5.98. The molecule has 11 heteroatoms. The van der Waals surface area contributed by atoms with Gasteiger partial charge in [0.2, 0.25) is 20.0 Å². The number of piperazine rings is 1. The molecule has 1 aliphatic heterocycles. The van der Waals surface area contributed by atoms with Gasteiger partial charge in [-0.25, -0.2) is 16.8 Å². The highest BCUT2D eigenvalue weighted by Crippen LogP contribution is 2.27. The van der Waals surface area contributed by atoms with E-state index in [4.69, 9.17) is 0 Å². The third kappa shape index (κ3) is 3.78. The van der Waals surface area contributed by atoms with Gasteiger partial charge in [-0.1, -0.05) is 29.8 Å². The van der Waals surface area contributed by atoms with Crippen molar-refractivity contribution in [2.75, 3.05) is 26.2 Å². The summed E-state index contributed by atoms with van der Waals surface area (Å²) >= 11 is 0. The lowest BCUT2D eigenvalue weighted by molar-refractivity contribution is -0.387. The quantitative estimate of drug-likeness (QED) is 0.530. The van der Waals surface area contributed by atoms with Crippen molar-refractivity contribution in [3.8, 4) is 0 Å². The Bertz CT molecular complexity index is 1090. The van der Waals surface area contributed by atoms with Gasteiger partial charge in [-0.2, -0.15) is 8.61 Å². The molecule has 0 bridgehead atoms. The summed E-state index contributed by atoms with van der Waals surface area (Å²) in [6.45, 7) is 1.62. The van der Waals surface area contributed by atoms with Crippen molar-refractivity contribution in [1.82, 2.24) is 8.61 Å². The van der Waals surface area contributed by atoms with E-state index in [0.29, 0.717) is 0 Å². The molecule has 9 nitrogen and oxygen atoms in total. The maximum absolute atomic E-state index is 12.8. The van der Waals surface area contributed by atoms with Crippen molar-refractivity contribution in [3.63, 3.8) is 0 Å². The standard InChI is InChI=1S/C17H19N3O6S2/c1-14-6-8-15(9-7-14)27(23,24)18-10-12-19(13-11-18)28(25,26)17-5-3-2-4-16(17)20(21)22/h2-9H,10-13H2,1H3. The summed E-state index contributed by atoms with van der Waals surface area (Å²) in [7, 11) is -7.84. The number of nitro benzene ring substituents is 1. The normalized spacial score (nSPS) is 16.8. The first kappa shape index (κ1) is 20.4. The van der Waals surface area contributed by atoms with Crippen LogP contribution in [0.1, 0.15) is 5.56 Å². The van der Waals surface area contributed by atoms with E-state index in [2.05, 4.69) is 0 Å². The van der Waals surface area contributed by atoms with Crippen LogP contribution in [0.4, 0.5) is 5.69 Å². The van der Waals surface area contributed by atoms with Crippen molar-refractivity contribution < 1.29 is 21.8 Å². The van der Waals surface area contributed by atoms with E-state index in [-0.39, 0.29) is 31.1 Å².